The largest absolute Gasteiger partial charge is 0.465 e. The first-order valence-electron chi connectivity index (χ1n) is 9.75. The maximum Gasteiger partial charge on any atom is 0.340 e. The summed E-state index contributed by atoms with van der Waals surface area (Å²) < 4.78 is 4.91. The smallest absolute Gasteiger partial charge is 0.340 e. The van der Waals surface area contributed by atoms with E-state index in [0.29, 0.717) is 11.4 Å². The number of hydrogen-bond acceptors (Lipinski definition) is 5. The molecular weight excluding hydrogens is 396 g/mol. The van der Waals surface area contributed by atoms with Crippen molar-refractivity contribution >= 4 is 29.3 Å². The number of nitro benzene ring substituents is 1. The van der Waals surface area contributed by atoms with Gasteiger partial charge in [-0.3, -0.25) is 19.8 Å². The van der Waals surface area contributed by atoms with Crippen LogP contribution >= 0.6 is 0 Å². The van der Waals surface area contributed by atoms with Gasteiger partial charge in [-0.25, -0.2) is 4.79 Å². The van der Waals surface area contributed by atoms with Crippen molar-refractivity contribution in [1.82, 2.24) is 0 Å². The van der Waals surface area contributed by atoms with Gasteiger partial charge in [-0.1, -0.05) is 45.0 Å². The van der Waals surface area contributed by atoms with Crippen LogP contribution in [0.15, 0.2) is 65.4 Å². The van der Waals surface area contributed by atoms with E-state index in [1.54, 1.807) is 13.0 Å². The second-order valence-electron chi connectivity index (χ2n) is 8.30. The number of anilines is 1. The minimum absolute atomic E-state index is 0.00472. The first-order valence-corrected chi connectivity index (χ1v) is 9.75. The summed E-state index contributed by atoms with van der Waals surface area (Å²) in [6.45, 7) is 7.99. The van der Waals surface area contributed by atoms with Crippen molar-refractivity contribution in [3.8, 4) is 0 Å². The van der Waals surface area contributed by atoms with E-state index in [1.165, 1.54) is 36.3 Å². The van der Waals surface area contributed by atoms with Gasteiger partial charge in [0, 0.05) is 23.5 Å². The number of carbonyl (C=O) groups excluding carboxylic acids is 2. The number of ether oxygens (including phenoxy) is 1. The highest BCUT2D eigenvalue weighted by atomic mass is 16.6. The summed E-state index contributed by atoms with van der Waals surface area (Å²) in [7, 11) is 1.26. The maximum absolute atomic E-state index is 13.3. The summed E-state index contributed by atoms with van der Waals surface area (Å²) in [5, 5.41) is 10.9. The third-order valence-corrected chi connectivity index (χ3v) is 5.20. The zero-order chi connectivity index (χ0) is 22.9. The van der Waals surface area contributed by atoms with Crippen molar-refractivity contribution in [2.75, 3.05) is 12.0 Å². The molecule has 0 spiro atoms. The average molecular weight is 420 g/mol. The van der Waals surface area contributed by atoms with Gasteiger partial charge in [0.1, 0.15) is 0 Å². The lowest BCUT2D eigenvalue weighted by Crippen LogP contribution is -2.24. The summed E-state index contributed by atoms with van der Waals surface area (Å²) >= 11 is 0. The molecule has 1 aliphatic heterocycles. The van der Waals surface area contributed by atoms with E-state index in [9.17, 15) is 19.7 Å². The van der Waals surface area contributed by atoms with Crippen LogP contribution in [0.4, 0.5) is 11.4 Å². The van der Waals surface area contributed by atoms with Crippen molar-refractivity contribution in [2.45, 2.75) is 33.1 Å². The molecule has 2 aromatic carbocycles. The lowest BCUT2D eigenvalue weighted by Gasteiger charge is -2.19. The molecule has 0 radical (unpaired) electrons. The maximum atomic E-state index is 13.3. The van der Waals surface area contributed by atoms with Crippen LogP contribution in [0.25, 0.3) is 6.08 Å². The Morgan fingerprint density at radius 3 is 2.13 bits per heavy atom. The van der Waals surface area contributed by atoms with E-state index in [4.69, 9.17) is 4.74 Å². The first kappa shape index (κ1) is 22.0. The molecule has 0 aromatic heterocycles. The Bertz CT molecular complexity index is 1100. The van der Waals surface area contributed by atoms with Crippen LogP contribution in [0.1, 0.15) is 38.8 Å². The lowest BCUT2D eigenvalue weighted by molar-refractivity contribution is -0.384. The van der Waals surface area contributed by atoms with Gasteiger partial charge >= 0.3 is 5.97 Å². The van der Waals surface area contributed by atoms with Crippen molar-refractivity contribution < 1.29 is 19.2 Å². The molecule has 0 aliphatic carbocycles. The summed E-state index contributed by atoms with van der Waals surface area (Å²) in [5.41, 5.74) is 3.06. The molecule has 3 rings (SSSR count). The van der Waals surface area contributed by atoms with Crippen LogP contribution < -0.4 is 4.90 Å². The summed E-state index contributed by atoms with van der Waals surface area (Å²) in [6.07, 6.45) is 1.66. The second-order valence-corrected chi connectivity index (χ2v) is 8.30. The third-order valence-electron chi connectivity index (χ3n) is 5.20. The number of non-ortho nitro benzene ring substituents is 1. The number of nitrogens with zero attached hydrogens (tertiary/aromatic N) is 2. The van der Waals surface area contributed by atoms with E-state index in [2.05, 4.69) is 20.8 Å². The van der Waals surface area contributed by atoms with Crippen molar-refractivity contribution in [3.05, 3.63) is 86.6 Å². The van der Waals surface area contributed by atoms with Crippen LogP contribution in [0.3, 0.4) is 0 Å². The predicted molar refractivity (Wildman–Crippen MR) is 118 cm³/mol. The predicted octanol–water partition coefficient (Wildman–Crippen LogP) is 4.77. The van der Waals surface area contributed by atoms with E-state index in [-0.39, 0.29) is 22.2 Å². The number of allylic oxidation sites excluding steroid dienone is 1. The zero-order valence-corrected chi connectivity index (χ0v) is 18.1. The van der Waals surface area contributed by atoms with Gasteiger partial charge in [0.2, 0.25) is 0 Å². The number of esters is 1. The molecule has 0 unspecified atom stereocenters. The summed E-state index contributed by atoms with van der Waals surface area (Å²) in [4.78, 5) is 37.5. The Balaban J connectivity index is 2.06. The highest BCUT2D eigenvalue weighted by Gasteiger charge is 2.38. The Hall–Kier alpha value is -3.74. The molecule has 1 heterocycles. The van der Waals surface area contributed by atoms with Gasteiger partial charge < -0.3 is 4.74 Å². The number of benzene rings is 2. The van der Waals surface area contributed by atoms with E-state index in [1.807, 2.05) is 24.3 Å². The molecule has 0 fully saturated rings. The summed E-state index contributed by atoms with van der Waals surface area (Å²) in [6, 6.07) is 13.4. The number of amides is 1. The van der Waals surface area contributed by atoms with E-state index in [0.717, 1.165) is 11.1 Å². The van der Waals surface area contributed by atoms with Crippen LogP contribution in [0.5, 0.6) is 0 Å². The molecule has 0 N–H and O–H groups in total. The van der Waals surface area contributed by atoms with E-state index >= 15 is 0 Å². The molecular formula is C24H24N2O5. The fourth-order valence-electron chi connectivity index (χ4n) is 3.46. The fourth-order valence-corrected chi connectivity index (χ4v) is 3.46. The Labute approximate surface area is 180 Å². The lowest BCUT2D eigenvalue weighted by atomic mass is 9.86. The molecule has 0 saturated carbocycles. The van der Waals surface area contributed by atoms with Crippen molar-refractivity contribution in [1.29, 1.82) is 0 Å². The zero-order valence-electron chi connectivity index (χ0n) is 18.1. The number of hydrogen-bond donors (Lipinski definition) is 0. The molecule has 0 saturated heterocycles. The molecule has 7 heteroatoms. The topological polar surface area (TPSA) is 89.8 Å². The standard InChI is InChI=1S/C24H24N2O5/c1-15-21(23(28)31-5)20(14-16-6-8-17(9-7-16)24(2,3)4)22(27)25(15)18-10-12-19(13-11-18)26(29)30/h6-14H,1-5H3. The minimum Gasteiger partial charge on any atom is -0.465 e. The van der Waals surface area contributed by atoms with Gasteiger partial charge in [-0.05, 0) is 41.7 Å². The van der Waals surface area contributed by atoms with Gasteiger partial charge in [0.25, 0.3) is 11.6 Å². The monoisotopic (exact) mass is 420 g/mol. The Morgan fingerprint density at radius 2 is 1.65 bits per heavy atom. The molecule has 0 atom stereocenters. The minimum atomic E-state index is -0.618. The number of nitro groups is 1. The number of rotatable bonds is 4. The van der Waals surface area contributed by atoms with Crippen LogP contribution in [-0.4, -0.2) is 23.9 Å². The molecule has 0 bridgehead atoms. The van der Waals surface area contributed by atoms with Crippen LogP contribution in [0, 0.1) is 10.1 Å². The van der Waals surface area contributed by atoms with Crippen molar-refractivity contribution in [3.63, 3.8) is 0 Å². The van der Waals surface area contributed by atoms with Crippen LogP contribution in [-0.2, 0) is 19.7 Å². The second kappa shape index (κ2) is 8.18. The van der Waals surface area contributed by atoms with Gasteiger partial charge in [-0.2, -0.15) is 0 Å². The van der Waals surface area contributed by atoms with Crippen molar-refractivity contribution in [2.24, 2.45) is 0 Å². The number of carbonyl (C=O) groups is 2. The Kier molecular flexibility index (Phi) is 5.79. The van der Waals surface area contributed by atoms with E-state index < -0.39 is 16.8 Å². The first-order chi connectivity index (χ1) is 14.5. The average Bonchev–Trinajstić information content (AvgIpc) is 2.97. The highest BCUT2D eigenvalue weighted by Crippen LogP contribution is 2.36. The molecule has 7 nitrogen and oxygen atoms in total. The quantitative estimate of drug-likeness (QED) is 0.308. The third kappa shape index (κ3) is 4.26. The normalized spacial score (nSPS) is 15.6. The summed E-state index contributed by atoms with van der Waals surface area (Å²) in [5.74, 6) is -1.01. The molecule has 2 aromatic rings. The SMILES string of the molecule is COC(=O)C1=C(C)N(c2ccc([N+](=O)[O-])cc2)C(=O)C1=Cc1ccc(C(C)(C)C)cc1. The molecule has 160 valence electrons. The number of methoxy groups -OCH3 is 1. The van der Waals surface area contributed by atoms with Gasteiger partial charge in [0.15, 0.2) is 0 Å². The van der Waals surface area contributed by atoms with Gasteiger partial charge in [0.05, 0.1) is 23.2 Å². The molecule has 31 heavy (non-hydrogen) atoms. The molecule has 1 amide bonds. The van der Waals surface area contributed by atoms with Crippen LogP contribution in [0.2, 0.25) is 0 Å². The Morgan fingerprint density at radius 1 is 1.06 bits per heavy atom. The van der Waals surface area contributed by atoms with Gasteiger partial charge in [-0.15, -0.1) is 0 Å². The fraction of sp³-hybridized carbons (Fsp3) is 0.250. The highest BCUT2D eigenvalue weighted by molar-refractivity contribution is 6.23. The molecule has 1 aliphatic rings.